The standard InChI is InChI=1S/C13H17N3O2/c1-4-14-13-8-11(15-16-13)10-7-9(17-2)5-6-12(10)18-3/h5-8H,4H2,1-3H3,(H2,14,15,16). The zero-order valence-electron chi connectivity index (χ0n) is 10.8. The average Bonchev–Trinajstić information content (AvgIpc) is 2.87. The zero-order valence-corrected chi connectivity index (χ0v) is 10.8. The Hall–Kier alpha value is -2.17. The molecule has 0 unspecified atom stereocenters. The second-order valence-electron chi connectivity index (χ2n) is 3.76. The summed E-state index contributed by atoms with van der Waals surface area (Å²) in [6.45, 7) is 2.86. The van der Waals surface area contributed by atoms with Crippen LogP contribution in [0.15, 0.2) is 24.3 Å². The molecule has 0 bridgehead atoms. The highest BCUT2D eigenvalue weighted by molar-refractivity contribution is 5.71. The van der Waals surface area contributed by atoms with Gasteiger partial charge in [-0.2, -0.15) is 5.10 Å². The van der Waals surface area contributed by atoms with E-state index in [1.54, 1.807) is 14.2 Å². The van der Waals surface area contributed by atoms with Gasteiger partial charge >= 0.3 is 0 Å². The minimum atomic E-state index is 0.780. The molecule has 0 amide bonds. The first-order valence-corrected chi connectivity index (χ1v) is 5.80. The fraction of sp³-hybridized carbons (Fsp3) is 0.308. The lowest BCUT2D eigenvalue weighted by atomic mass is 10.1. The molecular formula is C13H17N3O2. The lowest BCUT2D eigenvalue weighted by molar-refractivity contribution is 0.404. The summed E-state index contributed by atoms with van der Waals surface area (Å²) < 4.78 is 10.6. The van der Waals surface area contributed by atoms with Crippen LogP contribution in [0, 0.1) is 0 Å². The second-order valence-corrected chi connectivity index (χ2v) is 3.76. The van der Waals surface area contributed by atoms with E-state index < -0.39 is 0 Å². The van der Waals surface area contributed by atoms with Gasteiger partial charge in [0.25, 0.3) is 0 Å². The zero-order chi connectivity index (χ0) is 13.0. The molecule has 96 valence electrons. The number of ether oxygens (including phenoxy) is 2. The number of aromatic amines is 1. The first-order chi connectivity index (χ1) is 8.78. The van der Waals surface area contributed by atoms with Crippen LogP contribution in [0.1, 0.15) is 6.92 Å². The Kier molecular flexibility index (Phi) is 3.72. The van der Waals surface area contributed by atoms with Gasteiger partial charge in [-0.1, -0.05) is 0 Å². The predicted octanol–water partition coefficient (Wildman–Crippen LogP) is 2.53. The molecule has 0 radical (unpaired) electrons. The summed E-state index contributed by atoms with van der Waals surface area (Å²) in [5, 5.41) is 10.3. The average molecular weight is 247 g/mol. The fourth-order valence-electron chi connectivity index (χ4n) is 1.76. The maximum absolute atomic E-state index is 5.34. The number of methoxy groups -OCH3 is 2. The largest absolute Gasteiger partial charge is 0.497 e. The van der Waals surface area contributed by atoms with Gasteiger partial charge < -0.3 is 14.8 Å². The van der Waals surface area contributed by atoms with Crippen molar-refractivity contribution >= 4 is 5.82 Å². The van der Waals surface area contributed by atoms with E-state index in [1.165, 1.54) is 0 Å². The molecule has 0 saturated heterocycles. The number of benzene rings is 1. The summed E-state index contributed by atoms with van der Waals surface area (Å²) in [7, 11) is 3.29. The van der Waals surface area contributed by atoms with E-state index >= 15 is 0 Å². The van der Waals surface area contributed by atoms with E-state index in [0.29, 0.717) is 0 Å². The van der Waals surface area contributed by atoms with Gasteiger partial charge in [-0.25, -0.2) is 0 Å². The molecular weight excluding hydrogens is 230 g/mol. The molecule has 2 N–H and O–H groups in total. The van der Waals surface area contributed by atoms with E-state index in [9.17, 15) is 0 Å². The molecule has 1 aromatic heterocycles. The lowest BCUT2D eigenvalue weighted by Crippen LogP contribution is -1.95. The number of nitrogens with zero attached hydrogens (tertiary/aromatic N) is 1. The number of anilines is 1. The number of H-pyrrole nitrogens is 1. The van der Waals surface area contributed by atoms with Crippen molar-refractivity contribution in [2.45, 2.75) is 6.92 Å². The van der Waals surface area contributed by atoms with Gasteiger partial charge in [0.1, 0.15) is 17.3 Å². The third kappa shape index (κ3) is 2.40. The summed E-state index contributed by atoms with van der Waals surface area (Å²) >= 11 is 0. The van der Waals surface area contributed by atoms with Crippen LogP contribution in [0.4, 0.5) is 5.82 Å². The molecule has 1 aromatic carbocycles. The minimum Gasteiger partial charge on any atom is -0.497 e. The van der Waals surface area contributed by atoms with E-state index in [4.69, 9.17) is 9.47 Å². The molecule has 0 aliphatic rings. The first-order valence-electron chi connectivity index (χ1n) is 5.80. The van der Waals surface area contributed by atoms with Gasteiger partial charge in [0.15, 0.2) is 0 Å². The van der Waals surface area contributed by atoms with Crippen molar-refractivity contribution in [1.82, 2.24) is 10.2 Å². The van der Waals surface area contributed by atoms with Gasteiger partial charge in [-0.3, -0.25) is 5.10 Å². The summed E-state index contributed by atoms with van der Waals surface area (Å²) in [6, 6.07) is 7.61. The Balaban J connectivity index is 2.40. The van der Waals surface area contributed by atoms with Gasteiger partial charge in [0.2, 0.25) is 0 Å². The quantitative estimate of drug-likeness (QED) is 0.852. The Bertz CT molecular complexity index is 523. The van der Waals surface area contributed by atoms with Crippen molar-refractivity contribution in [3.63, 3.8) is 0 Å². The van der Waals surface area contributed by atoms with Gasteiger partial charge in [-0.15, -0.1) is 0 Å². The molecule has 0 aliphatic carbocycles. The molecule has 0 aliphatic heterocycles. The number of aromatic nitrogens is 2. The molecule has 5 heteroatoms. The molecule has 0 fully saturated rings. The molecule has 5 nitrogen and oxygen atoms in total. The normalized spacial score (nSPS) is 10.2. The summed E-state index contributed by atoms with van der Waals surface area (Å²) in [5.41, 5.74) is 1.82. The predicted molar refractivity (Wildman–Crippen MR) is 71.3 cm³/mol. The fourth-order valence-corrected chi connectivity index (χ4v) is 1.76. The van der Waals surface area contributed by atoms with Crippen LogP contribution in [-0.2, 0) is 0 Å². The molecule has 1 heterocycles. The second kappa shape index (κ2) is 5.44. The summed E-state index contributed by atoms with van der Waals surface area (Å²) in [4.78, 5) is 0. The van der Waals surface area contributed by atoms with Crippen molar-refractivity contribution in [1.29, 1.82) is 0 Å². The number of hydrogen-bond acceptors (Lipinski definition) is 4. The Morgan fingerprint density at radius 1 is 1.22 bits per heavy atom. The maximum atomic E-state index is 5.34. The van der Waals surface area contributed by atoms with Crippen LogP contribution >= 0.6 is 0 Å². The third-order valence-corrected chi connectivity index (χ3v) is 2.63. The van der Waals surface area contributed by atoms with E-state index in [-0.39, 0.29) is 0 Å². The Morgan fingerprint density at radius 2 is 2.06 bits per heavy atom. The number of rotatable bonds is 5. The van der Waals surface area contributed by atoms with Crippen LogP contribution in [0.2, 0.25) is 0 Å². The van der Waals surface area contributed by atoms with Crippen LogP contribution in [0.25, 0.3) is 11.3 Å². The number of hydrogen-bond donors (Lipinski definition) is 2. The highest BCUT2D eigenvalue weighted by atomic mass is 16.5. The Labute approximate surface area is 106 Å². The number of nitrogens with one attached hydrogen (secondary N) is 2. The van der Waals surface area contributed by atoms with Crippen molar-refractivity contribution in [3.8, 4) is 22.8 Å². The summed E-state index contributed by atoms with van der Waals surface area (Å²) in [6.07, 6.45) is 0. The van der Waals surface area contributed by atoms with Gasteiger partial charge in [0.05, 0.1) is 19.9 Å². The minimum absolute atomic E-state index is 0.780. The first kappa shape index (κ1) is 12.3. The topological polar surface area (TPSA) is 59.2 Å². The highest BCUT2D eigenvalue weighted by Crippen LogP contribution is 2.33. The van der Waals surface area contributed by atoms with Crippen LogP contribution < -0.4 is 14.8 Å². The Morgan fingerprint density at radius 3 is 2.72 bits per heavy atom. The van der Waals surface area contributed by atoms with Gasteiger partial charge in [0, 0.05) is 18.2 Å². The van der Waals surface area contributed by atoms with Crippen LogP contribution in [-0.4, -0.2) is 31.0 Å². The molecule has 2 aromatic rings. The third-order valence-electron chi connectivity index (χ3n) is 2.63. The van der Waals surface area contributed by atoms with E-state index in [2.05, 4.69) is 15.5 Å². The molecule has 0 spiro atoms. The highest BCUT2D eigenvalue weighted by Gasteiger charge is 2.10. The van der Waals surface area contributed by atoms with Crippen molar-refractivity contribution in [2.24, 2.45) is 0 Å². The maximum Gasteiger partial charge on any atom is 0.148 e. The molecule has 2 rings (SSSR count). The molecule has 0 atom stereocenters. The van der Waals surface area contributed by atoms with Gasteiger partial charge in [-0.05, 0) is 25.1 Å². The lowest BCUT2D eigenvalue weighted by Gasteiger charge is -2.08. The molecule has 18 heavy (non-hydrogen) atoms. The SMILES string of the molecule is CCNc1cc(-c2cc(OC)ccc2OC)[nH]n1. The van der Waals surface area contributed by atoms with E-state index in [1.807, 2.05) is 31.2 Å². The van der Waals surface area contributed by atoms with Crippen molar-refractivity contribution < 1.29 is 9.47 Å². The van der Waals surface area contributed by atoms with Crippen molar-refractivity contribution in [3.05, 3.63) is 24.3 Å². The smallest absolute Gasteiger partial charge is 0.148 e. The van der Waals surface area contributed by atoms with Crippen LogP contribution in [0.5, 0.6) is 11.5 Å². The molecule has 0 saturated carbocycles. The van der Waals surface area contributed by atoms with E-state index in [0.717, 1.165) is 35.1 Å². The monoisotopic (exact) mass is 247 g/mol. The van der Waals surface area contributed by atoms with Crippen molar-refractivity contribution in [2.75, 3.05) is 26.1 Å². The van der Waals surface area contributed by atoms with Crippen LogP contribution in [0.3, 0.4) is 0 Å². The summed E-state index contributed by atoms with van der Waals surface area (Å²) in [5.74, 6) is 2.38.